The fourth-order valence-corrected chi connectivity index (χ4v) is 5.83. The molecule has 2 heterocycles. The topological polar surface area (TPSA) is 94.6 Å². The summed E-state index contributed by atoms with van der Waals surface area (Å²) in [5.74, 6) is -3.06. The maximum absolute atomic E-state index is 13.6. The minimum absolute atomic E-state index is 0.135. The average molecular weight is 603 g/mol. The van der Waals surface area contributed by atoms with Crippen molar-refractivity contribution in [3.05, 3.63) is 89.2 Å². The largest absolute Gasteiger partial charge is 0.416 e. The Labute approximate surface area is 245 Å². The summed E-state index contributed by atoms with van der Waals surface area (Å²) in [7, 11) is 0. The number of aliphatic hydroxyl groups is 1. The number of aromatic nitrogens is 1. The van der Waals surface area contributed by atoms with Crippen LogP contribution in [0.4, 0.5) is 22.0 Å². The fourth-order valence-electron chi connectivity index (χ4n) is 5.83. The van der Waals surface area contributed by atoms with Crippen molar-refractivity contribution in [2.45, 2.75) is 56.0 Å². The number of nitrogens with zero attached hydrogens (tertiary/aromatic N) is 2. The Morgan fingerprint density at radius 3 is 2.40 bits per heavy atom. The van der Waals surface area contributed by atoms with Gasteiger partial charge in [-0.15, -0.1) is 0 Å². The summed E-state index contributed by atoms with van der Waals surface area (Å²) in [6.07, 6.45) is 0.0989. The molecule has 2 fully saturated rings. The van der Waals surface area contributed by atoms with Crippen LogP contribution in [0.25, 0.3) is 11.1 Å². The summed E-state index contributed by atoms with van der Waals surface area (Å²) < 4.78 is 65.6. The molecule has 0 bridgehead atoms. The predicted molar refractivity (Wildman–Crippen MR) is 148 cm³/mol. The van der Waals surface area contributed by atoms with Gasteiger partial charge >= 0.3 is 6.18 Å². The van der Waals surface area contributed by atoms with E-state index in [0.717, 1.165) is 49.7 Å². The Kier molecular flexibility index (Phi) is 8.79. The van der Waals surface area contributed by atoms with Gasteiger partial charge in [0, 0.05) is 42.5 Å². The van der Waals surface area contributed by atoms with Crippen LogP contribution in [-0.4, -0.2) is 58.5 Å². The average Bonchev–Trinajstić information content (AvgIpc) is 3.45. The molecular formula is C31H31F5N4O3. The van der Waals surface area contributed by atoms with Crippen molar-refractivity contribution in [3.8, 4) is 11.1 Å². The van der Waals surface area contributed by atoms with E-state index in [4.69, 9.17) is 0 Å². The van der Waals surface area contributed by atoms with E-state index in [0.29, 0.717) is 42.6 Å². The zero-order valence-electron chi connectivity index (χ0n) is 23.1. The van der Waals surface area contributed by atoms with Crippen molar-refractivity contribution < 1.29 is 36.6 Å². The fraction of sp³-hybridized carbons (Fsp3) is 0.387. The SMILES string of the molecule is O=C(CNC(=O)c1cccc(C(F)(F)F)c1)N[C@@H]1CCN(C2CCC(O)(c3ccc(-c4ccc(F)c(F)c4)cn3)CC2)C1. The van der Waals surface area contributed by atoms with Gasteiger partial charge in [0.1, 0.15) is 5.60 Å². The number of amides is 2. The predicted octanol–water partition coefficient (Wildman–Crippen LogP) is 4.80. The van der Waals surface area contributed by atoms with Crippen molar-refractivity contribution in [1.29, 1.82) is 0 Å². The van der Waals surface area contributed by atoms with Gasteiger partial charge in [-0.3, -0.25) is 19.5 Å². The Hall–Kier alpha value is -3.90. The van der Waals surface area contributed by atoms with Crippen LogP contribution in [0.15, 0.2) is 60.8 Å². The first kappa shape index (κ1) is 30.6. The van der Waals surface area contributed by atoms with Gasteiger partial charge in [-0.25, -0.2) is 8.78 Å². The molecule has 5 rings (SSSR count). The third-order valence-corrected chi connectivity index (χ3v) is 8.24. The van der Waals surface area contributed by atoms with Crippen LogP contribution in [0.2, 0.25) is 0 Å². The molecule has 1 saturated heterocycles. The van der Waals surface area contributed by atoms with Crippen molar-refractivity contribution in [3.63, 3.8) is 0 Å². The number of likely N-dealkylation sites (tertiary alicyclic amines) is 1. The lowest BCUT2D eigenvalue weighted by Crippen LogP contribution is -2.45. The molecule has 3 N–H and O–H groups in total. The summed E-state index contributed by atoms with van der Waals surface area (Å²) in [6, 6.07) is 11.2. The van der Waals surface area contributed by atoms with Gasteiger partial charge in [0.25, 0.3) is 5.91 Å². The first-order valence-corrected chi connectivity index (χ1v) is 14.0. The highest BCUT2D eigenvalue weighted by atomic mass is 19.4. The quantitative estimate of drug-likeness (QED) is 0.338. The highest BCUT2D eigenvalue weighted by molar-refractivity contribution is 5.96. The number of benzene rings is 2. The summed E-state index contributed by atoms with van der Waals surface area (Å²) in [4.78, 5) is 31.4. The van der Waals surface area contributed by atoms with Crippen LogP contribution in [0.1, 0.15) is 53.7 Å². The van der Waals surface area contributed by atoms with Crippen molar-refractivity contribution >= 4 is 11.8 Å². The number of hydrogen-bond acceptors (Lipinski definition) is 5. The second kappa shape index (κ2) is 12.4. The van der Waals surface area contributed by atoms with E-state index in [2.05, 4.69) is 20.5 Å². The zero-order chi connectivity index (χ0) is 30.8. The Morgan fingerprint density at radius 2 is 1.72 bits per heavy atom. The number of nitrogens with one attached hydrogen (secondary N) is 2. The third-order valence-electron chi connectivity index (χ3n) is 8.24. The van der Waals surface area contributed by atoms with E-state index in [1.165, 1.54) is 12.1 Å². The van der Waals surface area contributed by atoms with Gasteiger partial charge < -0.3 is 15.7 Å². The number of pyridine rings is 1. The van der Waals surface area contributed by atoms with Gasteiger partial charge in [0.15, 0.2) is 11.6 Å². The second-order valence-corrected chi connectivity index (χ2v) is 11.1. The number of carbonyl (C=O) groups is 2. The monoisotopic (exact) mass is 602 g/mol. The normalized spacial score (nSPS) is 22.7. The zero-order valence-corrected chi connectivity index (χ0v) is 23.1. The summed E-state index contributed by atoms with van der Waals surface area (Å²) in [5, 5.41) is 16.6. The smallest absolute Gasteiger partial charge is 0.384 e. The minimum atomic E-state index is -4.57. The molecule has 0 radical (unpaired) electrons. The lowest BCUT2D eigenvalue weighted by atomic mass is 9.79. The first-order chi connectivity index (χ1) is 20.4. The van der Waals surface area contributed by atoms with Crippen molar-refractivity contribution in [2.75, 3.05) is 19.6 Å². The van der Waals surface area contributed by atoms with Gasteiger partial charge in [-0.05, 0) is 74.1 Å². The van der Waals surface area contributed by atoms with E-state index in [9.17, 15) is 36.6 Å². The summed E-state index contributed by atoms with van der Waals surface area (Å²) >= 11 is 0. The maximum atomic E-state index is 13.6. The molecule has 2 aromatic carbocycles. The molecular weight excluding hydrogens is 571 g/mol. The molecule has 3 aromatic rings. The lowest BCUT2D eigenvalue weighted by Gasteiger charge is -2.39. The molecule has 12 heteroatoms. The molecule has 0 spiro atoms. The molecule has 7 nitrogen and oxygen atoms in total. The lowest BCUT2D eigenvalue weighted by molar-refractivity contribution is -0.137. The Balaban J connectivity index is 1.07. The van der Waals surface area contributed by atoms with Crippen molar-refractivity contribution in [1.82, 2.24) is 20.5 Å². The first-order valence-electron chi connectivity index (χ1n) is 14.0. The van der Waals surface area contributed by atoms with E-state index in [1.54, 1.807) is 18.3 Å². The molecule has 2 aliphatic rings. The van der Waals surface area contributed by atoms with E-state index >= 15 is 0 Å². The van der Waals surface area contributed by atoms with Crippen LogP contribution in [0.5, 0.6) is 0 Å². The molecule has 1 aliphatic carbocycles. The number of hydrogen-bond donors (Lipinski definition) is 3. The summed E-state index contributed by atoms with van der Waals surface area (Å²) in [5.41, 5.74) is -0.598. The van der Waals surface area contributed by atoms with Gasteiger partial charge in [-0.2, -0.15) is 13.2 Å². The molecule has 1 aromatic heterocycles. The van der Waals surface area contributed by atoms with Gasteiger partial charge in [-0.1, -0.05) is 18.2 Å². The Morgan fingerprint density at radius 1 is 0.977 bits per heavy atom. The van der Waals surface area contributed by atoms with Crippen LogP contribution < -0.4 is 10.6 Å². The highest BCUT2D eigenvalue weighted by Gasteiger charge is 2.39. The van der Waals surface area contributed by atoms with Crippen LogP contribution >= 0.6 is 0 Å². The maximum Gasteiger partial charge on any atom is 0.416 e. The molecule has 1 atom stereocenters. The van der Waals surface area contributed by atoms with E-state index in [-0.39, 0.29) is 24.2 Å². The molecule has 2 amide bonds. The molecule has 228 valence electrons. The van der Waals surface area contributed by atoms with Crippen LogP contribution in [-0.2, 0) is 16.6 Å². The standard InChI is InChI=1S/C31H31F5N4O3/c32-25-6-4-19(15-26(25)33)21-5-7-27(37-16-21)30(43)11-8-24(9-12-30)40-13-10-23(18-40)39-28(41)17-38-29(42)20-2-1-3-22(14-20)31(34,35)36/h1-7,14-16,23-24,43H,8-13,17-18H2,(H,38,42)(H,39,41)/t23-,24?,30?/m1/s1. The minimum Gasteiger partial charge on any atom is -0.384 e. The molecule has 1 aliphatic heterocycles. The number of rotatable bonds is 7. The van der Waals surface area contributed by atoms with Crippen molar-refractivity contribution in [2.24, 2.45) is 0 Å². The second-order valence-electron chi connectivity index (χ2n) is 11.1. The third kappa shape index (κ3) is 7.19. The molecule has 0 unspecified atom stereocenters. The Bertz CT molecular complexity index is 1470. The summed E-state index contributed by atoms with van der Waals surface area (Å²) in [6.45, 7) is 1.01. The number of carbonyl (C=O) groups excluding carboxylic acids is 2. The van der Waals surface area contributed by atoms with Gasteiger partial charge in [0.05, 0.1) is 17.8 Å². The molecule has 43 heavy (non-hydrogen) atoms. The highest BCUT2D eigenvalue weighted by Crippen LogP contribution is 2.39. The van der Waals surface area contributed by atoms with Crippen LogP contribution in [0.3, 0.4) is 0 Å². The molecule has 1 saturated carbocycles. The van der Waals surface area contributed by atoms with E-state index in [1.807, 2.05) is 0 Å². The number of alkyl halides is 3. The number of halogens is 5. The van der Waals surface area contributed by atoms with Crippen LogP contribution in [0, 0.1) is 11.6 Å². The van der Waals surface area contributed by atoms with E-state index < -0.39 is 40.8 Å². The van der Waals surface area contributed by atoms with Gasteiger partial charge in [0.2, 0.25) is 5.91 Å².